The first-order valence-electron chi connectivity index (χ1n) is 8.89. The fourth-order valence-electron chi connectivity index (χ4n) is 3.04. The van der Waals surface area contributed by atoms with Gasteiger partial charge in [0.25, 0.3) is 0 Å². The normalized spacial score (nSPS) is 15.5. The Labute approximate surface area is 146 Å². The second-order valence-electron chi connectivity index (χ2n) is 6.31. The van der Waals surface area contributed by atoms with Crippen molar-refractivity contribution in [1.29, 1.82) is 0 Å². The van der Waals surface area contributed by atoms with E-state index in [1.165, 1.54) is 31.2 Å². The number of rotatable bonds is 8. The van der Waals surface area contributed by atoms with Crippen molar-refractivity contribution in [1.82, 2.24) is 10.2 Å². The Kier molecular flexibility index (Phi) is 7.89. The van der Waals surface area contributed by atoms with E-state index < -0.39 is 0 Å². The van der Waals surface area contributed by atoms with E-state index in [1.807, 2.05) is 19.2 Å². The number of guanidine groups is 1. The maximum Gasteiger partial charge on any atom is 0.193 e. The lowest BCUT2D eigenvalue weighted by Gasteiger charge is -2.22. The molecule has 0 radical (unpaired) electrons. The predicted octanol–water partition coefficient (Wildman–Crippen LogP) is 3.05. The van der Waals surface area contributed by atoms with Crippen molar-refractivity contribution < 1.29 is 9.47 Å². The van der Waals surface area contributed by atoms with Crippen LogP contribution in [0.1, 0.15) is 37.7 Å². The number of hydrogen-bond acceptors (Lipinski definition) is 3. The van der Waals surface area contributed by atoms with Crippen molar-refractivity contribution in [3.63, 3.8) is 0 Å². The van der Waals surface area contributed by atoms with Crippen molar-refractivity contribution in [3.05, 3.63) is 29.8 Å². The van der Waals surface area contributed by atoms with Crippen LogP contribution in [0.3, 0.4) is 0 Å². The third kappa shape index (κ3) is 6.04. The predicted molar refractivity (Wildman–Crippen MR) is 98.6 cm³/mol. The SMILES string of the molecule is CN=C(NCCCOC1CCCC1)N(C)Cc1ccc(OC)cc1. The molecule has 0 aliphatic heterocycles. The second kappa shape index (κ2) is 10.2. The second-order valence-corrected chi connectivity index (χ2v) is 6.31. The first-order valence-corrected chi connectivity index (χ1v) is 8.89. The highest BCUT2D eigenvalue weighted by molar-refractivity contribution is 5.79. The highest BCUT2D eigenvalue weighted by Gasteiger charge is 2.14. The van der Waals surface area contributed by atoms with Crippen molar-refractivity contribution in [3.8, 4) is 5.75 Å². The molecule has 134 valence electrons. The zero-order valence-electron chi connectivity index (χ0n) is 15.3. The number of nitrogens with one attached hydrogen (secondary N) is 1. The molecule has 0 spiro atoms. The first kappa shape index (κ1) is 18.6. The van der Waals surface area contributed by atoms with Crippen LogP contribution in [0.25, 0.3) is 0 Å². The van der Waals surface area contributed by atoms with Crippen LogP contribution in [0.2, 0.25) is 0 Å². The molecule has 1 N–H and O–H groups in total. The Bertz CT molecular complexity index is 496. The van der Waals surface area contributed by atoms with E-state index in [0.29, 0.717) is 6.10 Å². The molecule has 0 unspecified atom stereocenters. The van der Waals surface area contributed by atoms with E-state index in [0.717, 1.165) is 37.8 Å². The molecule has 2 rings (SSSR count). The average Bonchev–Trinajstić information content (AvgIpc) is 3.12. The van der Waals surface area contributed by atoms with Gasteiger partial charge in [0.15, 0.2) is 5.96 Å². The van der Waals surface area contributed by atoms with Crippen molar-refractivity contribution >= 4 is 5.96 Å². The summed E-state index contributed by atoms with van der Waals surface area (Å²) >= 11 is 0. The van der Waals surface area contributed by atoms with Crippen LogP contribution in [0, 0.1) is 0 Å². The van der Waals surface area contributed by atoms with Crippen LogP contribution in [0.4, 0.5) is 0 Å². The molecule has 0 heterocycles. The number of aliphatic imine (C=N–C) groups is 1. The first-order chi connectivity index (χ1) is 11.7. The molecule has 1 aliphatic carbocycles. The summed E-state index contributed by atoms with van der Waals surface area (Å²) < 4.78 is 11.1. The highest BCUT2D eigenvalue weighted by Crippen LogP contribution is 2.20. The molecule has 5 heteroatoms. The molecule has 0 aromatic heterocycles. The molecule has 0 bridgehead atoms. The van der Waals surface area contributed by atoms with Gasteiger partial charge in [-0.3, -0.25) is 4.99 Å². The van der Waals surface area contributed by atoms with Gasteiger partial charge in [0.2, 0.25) is 0 Å². The van der Waals surface area contributed by atoms with Gasteiger partial charge < -0.3 is 19.7 Å². The lowest BCUT2D eigenvalue weighted by atomic mass is 10.2. The fourth-order valence-corrected chi connectivity index (χ4v) is 3.04. The van der Waals surface area contributed by atoms with Gasteiger partial charge in [-0.25, -0.2) is 0 Å². The number of ether oxygens (including phenoxy) is 2. The van der Waals surface area contributed by atoms with Gasteiger partial charge in [-0.05, 0) is 37.0 Å². The Morgan fingerprint density at radius 3 is 2.58 bits per heavy atom. The molecular formula is C19H31N3O2. The molecule has 1 aliphatic rings. The van der Waals surface area contributed by atoms with Gasteiger partial charge >= 0.3 is 0 Å². The lowest BCUT2D eigenvalue weighted by molar-refractivity contribution is 0.0573. The Balaban J connectivity index is 1.67. The maximum absolute atomic E-state index is 5.89. The molecule has 0 atom stereocenters. The van der Waals surface area contributed by atoms with E-state index in [2.05, 4.69) is 34.4 Å². The van der Waals surface area contributed by atoms with Crippen LogP contribution in [-0.4, -0.2) is 51.3 Å². The summed E-state index contributed by atoms with van der Waals surface area (Å²) in [6, 6.07) is 8.13. The van der Waals surface area contributed by atoms with Crippen molar-refractivity contribution in [2.45, 2.75) is 44.8 Å². The Hall–Kier alpha value is -1.75. The largest absolute Gasteiger partial charge is 0.497 e. The number of benzene rings is 1. The molecule has 1 fully saturated rings. The molecule has 5 nitrogen and oxygen atoms in total. The van der Waals surface area contributed by atoms with Gasteiger partial charge in [0, 0.05) is 33.8 Å². The van der Waals surface area contributed by atoms with Gasteiger partial charge in [-0.1, -0.05) is 25.0 Å². The van der Waals surface area contributed by atoms with E-state index >= 15 is 0 Å². The number of methoxy groups -OCH3 is 1. The summed E-state index contributed by atoms with van der Waals surface area (Å²) in [5.41, 5.74) is 1.23. The van der Waals surface area contributed by atoms with E-state index in [4.69, 9.17) is 9.47 Å². The minimum Gasteiger partial charge on any atom is -0.497 e. The summed E-state index contributed by atoms with van der Waals surface area (Å²) in [5.74, 6) is 1.79. The van der Waals surface area contributed by atoms with Crippen molar-refractivity contribution in [2.75, 3.05) is 34.4 Å². The van der Waals surface area contributed by atoms with Crippen LogP contribution in [0.5, 0.6) is 5.75 Å². The third-order valence-electron chi connectivity index (χ3n) is 4.41. The zero-order chi connectivity index (χ0) is 17.2. The topological polar surface area (TPSA) is 46.1 Å². The minimum absolute atomic E-state index is 0.502. The number of nitrogens with zero attached hydrogens (tertiary/aromatic N) is 2. The summed E-state index contributed by atoms with van der Waals surface area (Å²) in [7, 11) is 5.56. The van der Waals surface area contributed by atoms with E-state index in [1.54, 1.807) is 7.11 Å². The summed E-state index contributed by atoms with van der Waals surface area (Å²) in [6.45, 7) is 2.52. The molecule has 1 aromatic rings. The van der Waals surface area contributed by atoms with Crippen LogP contribution in [-0.2, 0) is 11.3 Å². The summed E-state index contributed by atoms with van der Waals surface area (Å²) in [6.07, 6.45) is 6.63. The summed E-state index contributed by atoms with van der Waals surface area (Å²) in [5, 5.41) is 3.41. The number of hydrogen-bond donors (Lipinski definition) is 1. The molecular weight excluding hydrogens is 302 g/mol. The van der Waals surface area contributed by atoms with Crippen LogP contribution >= 0.6 is 0 Å². The van der Waals surface area contributed by atoms with Gasteiger partial charge in [0.1, 0.15) is 5.75 Å². The van der Waals surface area contributed by atoms with Crippen LogP contribution < -0.4 is 10.1 Å². The molecule has 0 saturated heterocycles. The maximum atomic E-state index is 5.89. The average molecular weight is 333 g/mol. The van der Waals surface area contributed by atoms with Crippen LogP contribution in [0.15, 0.2) is 29.3 Å². The van der Waals surface area contributed by atoms with Gasteiger partial charge in [-0.15, -0.1) is 0 Å². The zero-order valence-corrected chi connectivity index (χ0v) is 15.3. The molecule has 1 aromatic carbocycles. The highest BCUT2D eigenvalue weighted by atomic mass is 16.5. The smallest absolute Gasteiger partial charge is 0.193 e. The fraction of sp³-hybridized carbons (Fsp3) is 0.632. The molecule has 1 saturated carbocycles. The monoisotopic (exact) mass is 333 g/mol. The molecule has 0 amide bonds. The summed E-state index contributed by atoms with van der Waals surface area (Å²) in [4.78, 5) is 6.48. The Morgan fingerprint density at radius 2 is 1.96 bits per heavy atom. The quantitative estimate of drug-likeness (QED) is 0.451. The van der Waals surface area contributed by atoms with Crippen molar-refractivity contribution in [2.24, 2.45) is 4.99 Å². The molecule has 24 heavy (non-hydrogen) atoms. The van der Waals surface area contributed by atoms with E-state index in [-0.39, 0.29) is 0 Å². The minimum atomic E-state index is 0.502. The third-order valence-corrected chi connectivity index (χ3v) is 4.41. The Morgan fingerprint density at radius 1 is 1.25 bits per heavy atom. The van der Waals surface area contributed by atoms with E-state index in [9.17, 15) is 0 Å². The standard InChI is InChI=1S/C19H31N3O2/c1-20-19(21-13-6-14-24-18-7-4-5-8-18)22(2)15-16-9-11-17(23-3)12-10-16/h9-12,18H,4-8,13-15H2,1-3H3,(H,20,21). The van der Waals surface area contributed by atoms with Gasteiger partial charge in [0.05, 0.1) is 13.2 Å². The van der Waals surface area contributed by atoms with Gasteiger partial charge in [-0.2, -0.15) is 0 Å². The lowest BCUT2D eigenvalue weighted by Crippen LogP contribution is -2.39.